The first-order valence-corrected chi connectivity index (χ1v) is 8.84. The van der Waals surface area contributed by atoms with E-state index in [9.17, 15) is 9.59 Å². The maximum Gasteiger partial charge on any atom is 0.255 e. The van der Waals surface area contributed by atoms with Crippen molar-refractivity contribution in [3.8, 4) is 11.1 Å². The minimum atomic E-state index is -0.115. The quantitative estimate of drug-likeness (QED) is 0.922. The van der Waals surface area contributed by atoms with Crippen LogP contribution >= 0.6 is 0 Å². The van der Waals surface area contributed by atoms with Crippen molar-refractivity contribution in [2.24, 2.45) is 0 Å². The molecule has 0 atom stereocenters. The van der Waals surface area contributed by atoms with Crippen LogP contribution in [0, 0.1) is 0 Å². The molecule has 0 bridgehead atoms. The molecule has 1 saturated heterocycles. The van der Waals surface area contributed by atoms with Gasteiger partial charge in [-0.05, 0) is 43.8 Å². The number of carbonyl (C=O) groups is 2. The fraction of sp³-hybridized carbons (Fsp3) is 0.350. The molecule has 136 valence electrons. The third-order valence-electron chi connectivity index (χ3n) is 4.51. The molecular weight excluding hydrogens is 328 g/mol. The van der Waals surface area contributed by atoms with E-state index in [1.165, 1.54) is 6.92 Å². The van der Waals surface area contributed by atoms with Gasteiger partial charge in [0.1, 0.15) is 0 Å². The molecule has 6 nitrogen and oxygen atoms in total. The molecule has 1 aromatic carbocycles. The van der Waals surface area contributed by atoms with E-state index >= 15 is 0 Å². The van der Waals surface area contributed by atoms with Crippen molar-refractivity contribution in [3.05, 3.63) is 48.3 Å². The lowest BCUT2D eigenvalue weighted by atomic mass is 10.0. The molecule has 6 heteroatoms. The molecule has 0 spiro atoms. The number of benzene rings is 1. The standard InChI is InChI=1S/C20H24N4O2/c1-15(25)22-19-6-3-5-16(12-19)17-11-18(14-21-13-17)20(26)24-8-4-7-23(2)9-10-24/h3,5-6,11-14H,4,7-10H2,1-2H3,(H,22,25). The van der Waals surface area contributed by atoms with Crippen molar-refractivity contribution >= 4 is 17.5 Å². The van der Waals surface area contributed by atoms with Crippen LogP contribution in [0.25, 0.3) is 11.1 Å². The zero-order valence-electron chi connectivity index (χ0n) is 15.2. The second-order valence-corrected chi connectivity index (χ2v) is 6.67. The van der Waals surface area contributed by atoms with E-state index in [0.717, 1.165) is 49.4 Å². The van der Waals surface area contributed by atoms with E-state index in [1.54, 1.807) is 12.4 Å². The number of carbonyl (C=O) groups excluding carboxylic acids is 2. The van der Waals surface area contributed by atoms with Crippen molar-refractivity contribution < 1.29 is 9.59 Å². The van der Waals surface area contributed by atoms with Crippen LogP contribution < -0.4 is 5.32 Å². The molecule has 1 aromatic heterocycles. The van der Waals surface area contributed by atoms with Gasteiger partial charge in [0, 0.05) is 50.2 Å². The van der Waals surface area contributed by atoms with Gasteiger partial charge in [0.15, 0.2) is 0 Å². The zero-order valence-corrected chi connectivity index (χ0v) is 15.2. The molecule has 0 unspecified atom stereocenters. The Bertz CT molecular complexity index is 806. The van der Waals surface area contributed by atoms with E-state index in [1.807, 2.05) is 35.2 Å². The first-order chi connectivity index (χ1) is 12.5. The molecule has 3 rings (SSSR count). The van der Waals surface area contributed by atoms with Gasteiger partial charge >= 0.3 is 0 Å². The summed E-state index contributed by atoms with van der Waals surface area (Å²) in [7, 11) is 2.08. The average Bonchev–Trinajstić information content (AvgIpc) is 2.85. The molecule has 2 heterocycles. The number of nitrogens with one attached hydrogen (secondary N) is 1. The Morgan fingerprint density at radius 1 is 1.04 bits per heavy atom. The van der Waals surface area contributed by atoms with E-state index in [0.29, 0.717) is 5.56 Å². The molecule has 1 aliphatic rings. The highest BCUT2D eigenvalue weighted by Gasteiger charge is 2.19. The Hall–Kier alpha value is -2.73. The van der Waals surface area contributed by atoms with Crippen molar-refractivity contribution in [1.82, 2.24) is 14.8 Å². The van der Waals surface area contributed by atoms with Crippen LogP contribution in [-0.4, -0.2) is 59.8 Å². The van der Waals surface area contributed by atoms with Gasteiger partial charge in [0.05, 0.1) is 5.56 Å². The Balaban J connectivity index is 1.82. The van der Waals surface area contributed by atoms with Gasteiger partial charge in [-0.3, -0.25) is 14.6 Å². The second kappa shape index (κ2) is 8.10. The summed E-state index contributed by atoms with van der Waals surface area (Å²) in [5.41, 5.74) is 3.09. The van der Waals surface area contributed by atoms with Crippen LogP contribution in [0.4, 0.5) is 5.69 Å². The average molecular weight is 352 g/mol. The lowest BCUT2D eigenvalue weighted by Crippen LogP contribution is -2.34. The van der Waals surface area contributed by atoms with Crippen LogP contribution in [0.5, 0.6) is 0 Å². The fourth-order valence-corrected chi connectivity index (χ4v) is 3.13. The fourth-order valence-electron chi connectivity index (χ4n) is 3.13. The number of amides is 2. The SMILES string of the molecule is CC(=O)Nc1cccc(-c2cncc(C(=O)N3CCCN(C)CC3)c2)c1. The van der Waals surface area contributed by atoms with E-state index in [2.05, 4.69) is 22.2 Å². The predicted octanol–water partition coefficient (Wildman–Crippen LogP) is 2.48. The van der Waals surface area contributed by atoms with Crippen LogP contribution in [0.3, 0.4) is 0 Å². The maximum absolute atomic E-state index is 12.9. The monoisotopic (exact) mass is 352 g/mol. The summed E-state index contributed by atoms with van der Waals surface area (Å²) in [5.74, 6) is -0.0944. The van der Waals surface area contributed by atoms with Gasteiger partial charge < -0.3 is 15.1 Å². The molecule has 0 saturated carbocycles. The van der Waals surface area contributed by atoms with E-state index in [4.69, 9.17) is 0 Å². The lowest BCUT2D eigenvalue weighted by molar-refractivity contribution is -0.114. The van der Waals surface area contributed by atoms with E-state index < -0.39 is 0 Å². The third-order valence-corrected chi connectivity index (χ3v) is 4.51. The molecule has 0 aliphatic carbocycles. The third kappa shape index (κ3) is 4.46. The summed E-state index contributed by atoms with van der Waals surface area (Å²) in [4.78, 5) is 32.5. The zero-order chi connectivity index (χ0) is 18.5. The number of aromatic nitrogens is 1. The van der Waals surface area contributed by atoms with E-state index in [-0.39, 0.29) is 11.8 Å². The number of hydrogen-bond donors (Lipinski definition) is 1. The van der Waals surface area contributed by atoms with Gasteiger partial charge in [-0.25, -0.2) is 0 Å². The van der Waals surface area contributed by atoms with Crippen molar-refractivity contribution in [1.29, 1.82) is 0 Å². The summed E-state index contributed by atoms with van der Waals surface area (Å²) in [6, 6.07) is 9.41. The minimum absolute atomic E-state index is 0.0210. The summed E-state index contributed by atoms with van der Waals surface area (Å²) < 4.78 is 0. The normalized spacial score (nSPS) is 15.4. The van der Waals surface area contributed by atoms with Crippen molar-refractivity contribution in [2.75, 3.05) is 38.5 Å². The number of anilines is 1. The van der Waals surface area contributed by atoms with Crippen molar-refractivity contribution in [3.63, 3.8) is 0 Å². The summed E-state index contributed by atoms with van der Waals surface area (Å²) >= 11 is 0. The largest absolute Gasteiger partial charge is 0.337 e. The number of hydrogen-bond acceptors (Lipinski definition) is 4. The lowest BCUT2D eigenvalue weighted by Gasteiger charge is -2.20. The number of pyridine rings is 1. The smallest absolute Gasteiger partial charge is 0.255 e. The van der Waals surface area contributed by atoms with Crippen LogP contribution in [-0.2, 0) is 4.79 Å². The Morgan fingerprint density at radius 2 is 1.88 bits per heavy atom. The molecule has 26 heavy (non-hydrogen) atoms. The molecule has 1 fully saturated rings. The van der Waals surface area contributed by atoms with Gasteiger partial charge in [0.2, 0.25) is 5.91 Å². The van der Waals surface area contributed by atoms with Crippen molar-refractivity contribution in [2.45, 2.75) is 13.3 Å². The maximum atomic E-state index is 12.9. The predicted molar refractivity (Wildman–Crippen MR) is 102 cm³/mol. The summed E-state index contributed by atoms with van der Waals surface area (Å²) in [5, 5.41) is 2.78. The van der Waals surface area contributed by atoms with Crippen LogP contribution in [0.15, 0.2) is 42.7 Å². The topological polar surface area (TPSA) is 65.5 Å². The molecule has 0 radical (unpaired) electrons. The Morgan fingerprint density at radius 3 is 2.69 bits per heavy atom. The Kier molecular flexibility index (Phi) is 5.63. The molecule has 2 aromatic rings. The van der Waals surface area contributed by atoms with Crippen LogP contribution in [0.2, 0.25) is 0 Å². The van der Waals surface area contributed by atoms with Gasteiger partial charge in [-0.15, -0.1) is 0 Å². The van der Waals surface area contributed by atoms with Gasteiger partial charge in [0.25, 0.3) is 5.91 Å². The second-order valence-electron chi connectivity index (χ2n) is 6.67. The minimum Gasteiger partial charge on any atom is -0.337 e. The van der Waals surface area contributed by atoms with Gasteiger partial charge in [-0.2, -0.15) is 0 Å². The van der Waals surface area contributed by atoms with Gasteiger partial charge in [-0.1, -0.05) is 12.1 Å². The molecule has 2 amide bonds. The molecule has 1 N–H and O–H groups in total. The highest BCUT2D eigenvalue weighted by atomic mass is 16.2. The number of rotatable bonds is 3. The summed E-state index contributed by atoms with van der Waals surface area (Å²) in [6.45, 7) is 4.88. The number of likely N-dealkylation sites (N-methyl/N-ethyl adjacent to an activating group) is 1. The Labute approximate surface area is 153 Å². The summed E-state index contributed by atoms with van der Waals surface area (Å²) in [6.07, 6.45) is 4.34. The number of nitrogens with zero attached hydrogens (tertiary/aromatic N) is 3. The molecular formula is C20H24N4O2. The first-order valence-electron chi connectivity index (χ1n) is 8.84. The van der Waals surface area contributed by atoms with Crippen LogP contribution in [0.1, 0.15) is 23.7 Å². The highest BCUT2D eigenvalue weighted by Crippen LogP contribution is 2.23. The molecule has 1 aliphatic heterocycles. The highest BCUT2D eigenvalue weighted by molar-refractivity contribution is 5.95. The first kappa shape index (κ1) is 18.1.